The molecule has 1 unspecified atom stereocenters. The highest BCUT2D eigenvalue weighted by Gasteiger charge is 2.09. The van der Waals surface area contributed by atoms with Crippen molar-refractivity contribution in [3.8, 4) is 0 Å². The summed E-state index contributed by atoms with van der Waals surface area (Å²) in [5.41, 5.74) is 7.33. The first kappa shape index (κ1) is 16.8. The maximum absolute atomic E-state index is 11.8. The number of carbonyl (C=O) groups excluding carboxylic acids is 1. The van der Waals surface area contributed by atoms with Gasteiger partial charge in [0.2, 0.25) is 5.91 Å². The van der Waals surface area contributed by atoms with Gasteiger partial charge in [0, 0.05) is 11.7 Å². The number of halogens is 1. The van der Waals surface area contributed by atoms with E-state index in [-0.39, 0.29) is 18.3 Å². The number of benzene rings is 1. The molecule has 18 heavy (non-hydrogen) atoms. The van der Waals surface area contributed by atoms with E-state index in [1.807, 2.05) is 24.3 Å². The minimum atomic E-state index is 0. The standard InChI is InChI=1S/C14H22N2O.ClH/c1-3-5-13(4-2)16-14(17)10-11-6-8-12(15)9-7-11;/h6-9,13H,3-5,10,15H2,1-2H3,(H,16,17);1H. The number of rotatable bonds is 6. The van der Waals surface area contributed by atoms with Crippen molar-refractivity contribution in [2.24, 2.45) is 0 Å². The van der Waals surface area contributed by atoms with Crippen LogP contribution in [0.4, 0.5) is 5.69 Å². The van der Waals surface area contributed by atoms with Crippen LogP contribution in [0.3, 0.4) is 0 Å². The van der Waals surface area contributed by atoms with E-state index >= 15 is 0 Å². The Hall–Kier alpha value is -1.22. The minimum absolute atomic E-state index is 0. The molecule has 3 nitrogen and oxygen atoms in total. The third kappa shape index (κ3) is 5.92. The fourth-order valence-corrected chi connectivity index (χ4v) is 1.83. The van der Waals surface area contributed by atoms with E-state index in [1.165, 1.54) is 0 Å². The van der Waals surface area contributed by atoms with E-state index in [0.29, 0.717) is 12.5 Å². The van der Waals surface area contributed by atoms with Gasteiger partial charge in [0.05, 0.1) is 6.42 Å². The van der Waals surface area contributed by atoms with Gasteiger partial charge in [-0.1, -0.05) is 32.4 Å². The molecule has 1 amide bonds. The summed E-state index contributed by atoms with van der Waals surface area (Å²) in [4.78, 5) is 11.8. The Morgan fingerprint density at radius 1 is 1.28 bits per heavy atom. The lowest BCUT2D eigenvalue weighted by molar-refractivity contribution is -0.121. The van der Waals surface area contributed by atoms with Gasteiger partial charge >= 0.3 is 0 Å². The number of nitrogens with two attached hydrogens (primary N) is 1. The van der Waals surface area contributed by atoms with Crippen molar-refractivity contribution in [1.82, 2.24) is 5.32 Å². The van der Waals surface area contributed by atoms with Gasteiger partial charge in [-0.3, -0.25) is 4.79 Å². The van der Waals surface area contributed by atoms with Crippen molar-refractivity contribution in [3.63, 3.8) is 0 Å². The molecule has 0 aliphatic rings. The Morgan fingerprint density at radius 2 is 1.89 bits per heavy atom. The minimum Gasteiger partial charge on any atom is -0.399 e. The van der Waals surface area contributed by atoms with E-state index in [2.05, 4.69) is 19.2 Å². The number of hydrogen-bond donors (Lipinski definition) is 2. The van der Waals surface area contributed by atoms with Gasteiger partial charge in [0.25, 0.3) is 0 Å². The third-order valence-electron chi connectivity index (χ3n) is 2.84. The van der Waals surface area contributed by atoms with Crippen LogP contribution >= 0.6 is 12.4 Å². The average molecular weight is 271 g/mol. The molecular formula is C14H23ClN2O. The topological polar surface area (TPSA) is 55.1 Å². The van der Waals surface area contributed by atoms with Crippen LogP contribution < -0.4 is 11.1 Å². The molecule has 0 radical (unpaired) electrons. The van der Waals surface area contributed by atoms with E-state index in [0.717, 1.165) is 30.5 Å². The molecule has 0 saturated carbocycles. The quantitative estimate of drug-likeness (QED) is 0.781. The fraction of sp³-hybridized carbons (Fsp3) is 0.500. The Bertz CT molecular complexity index is 351. The molecule has 1 rings (SSSR count). The zero-order valence-corrected chi connectivity index (χ0v) is 11.9. The number of anilines is 1. The van der Waals surface area contributed by atoms with Crippen molar-refractivity contribution in [2.45, 2.75) is 45.6 Å². The molecule has 0 aromatic heterocycles. The molecule has 1 aromatic carbocycles. The van der Waals surface area contributed by atoms with Crippen LogP contribution in [0.2, 0.25) is 0 Å². The average Bonchev–Trinajstić information content (AvgIpc) is 2.31. The highest BCUT2D eigenvalue weighted by atomic mass is 35.5. The molecule has 0 aliphatic heterocycles. The second-order valence-electron chi connectivity index (χ2n) is 4.38. The largest absolute Gasteiger partial charge is 0.399 e. The van der Waals surface area contributed by atoms with Crippen LogP contribution in [-0.4, -0.2) is 11.9 Å². The lowest BCUT2D eigenvalue weighted by atomic mass is 10.1. The van der Waals surface area contributed by atoms with E-state index in [9.17, 15) is 4.79 Å². The molecule has 3 N–H and O–H groups in total. The molecular weight excluding hydrogens is 248 g/mol. The Morgan fingerprint density at radius 3 is 2.39 bits per heavy atom. The van der Waals surface area contributed by atoms with Gasteiger partial charge in [-0.15, -0.1) is 12.4 Å². The van der Waals surface area contributed by atoms with Crippen LogP contribution in [0.1, 0.15) is 38.7 Å². The summed E-state index contributed by atoms with van der Waals surface area (Å²) in [7, 11) is 0. The van der Waals surface area contributed by atoms with Gasteiger partial charge in [0.15, 0.2) is 0 Å². The lowest BCUT2D eigenvalue weighted by Gasteiger charge is -2.16. The smallest absolute Gasteiger partial charge is 0.224 e. The summed E-state index contributed by atoms with van der Waals surface area (Å²) in [6.45, 7) is 4.23. The fourth-order valence-electron chi connectivity index (χ4n) is 1.83. The molecule has 0 spiro atoms. The molecule has 1 aromatic rings. The summed E-state index contributed by atoms with van der Waals surface area (Å²) in [6.07, 6.45) is 3.56. The van der Waals surface area contributed by atoms with Gasteiger partial charge < -0.3 is 11.1 Å². The first-order chi connectivity index (χ1) is 8.15. The van der Waals surface area contributed by atoms with E-state index in [4.69, 9.17) is 5.73 Å². The van der Waals surface area contributed by atoms with E-state index < -0.39 is 0 Å². The van der Waals surface area contributed by atoms with Crippen molar-refractivity contribution in [3.05, 3.63) is 29.8 Å². The number of nitrogens with one attached hydrogen (secondary N) is 1. The zero-order valence-electron chi connectivity index (χ0n) is 11.1. The van der Waals surface area contributed by atoms with Crippen LogP contribution in [-0.2, 0) is 11.2 Å². The lowest BCUT2D eigenvalue weighted by Crippen LogP contribution is -2.35. The third-order valence-corrected chi connectivity index (χ3v) is 2.84. The maximum atomic E-state index is 11.8. The van der Waals surface area contributed by atoms with E-state index in [1.54, 1.807) is 0 Å². The molecule has 4 heteroatoms. The van der Waals surface area contributed by atoms with Gasteiger partial charge in [0.1, 0.15) is 0 Å². The molecule has 0 aliphatic carbocycles. The normalized spacial score (nSPS) is 11.4. The molecule has 0 bridgehead atoms. The summed E-state index contributed by atoms with van der Waals surface area (Å²) < 4.78 is 0. The van der Waals surface area contributed by atoms with Crippen molar-refractivity contribution >= 4 is 24.0 Å². The summed E-state index contributed by atoms with van der Waals surface area (Å²) in [5.74, 6) is 0.0927. The Balaban J connectivity index is 0.00000289. The second kappa shape index (κ2) is 8.81. The summed E-state index contributed by atoms with van der Waals surface area (Å²) >= 11 is 0. The summed E-state index contributed by atoms with van der Waals surface area (Å²) in [5, 5.41) is 3.06. The van der Waals surface area contributed by atoms with Crippen LogP contribution in [0.25, 0.3) is 0 Å². The van der Waals surface area contributed by atoms with Crippen molar-refractivity contribution < 1.29 is 4.79 Å². The number of hydrogen-bond acceptors (Lipinski definition) is 2. The van der Waals surface area contributed by atoms with Crippen molar-refractivity contribution in [2.75, 3.05) is 5.73 Å². The number of nitrogen functional groups attached to an aromatic ring is 1. The Kier molecular flexibility index (Phi) is 8.21. The number of carbonyl (C=O) groups is 1. The predicted octanol–water partition coefficient (Wildman–Crippen LogP) is 2.93. The van der Waals surface area contributed by atoms with Gasteiger partial charge in [-0.05, 0) is 30.5 Å². The molecule has 1 atom stereocenters. The predicted molar refractivity (Wildman–Crippen MR) is 78.9 cm³/mol. The first-order valence-corrected chi connectivity index (χ1v) is 6.29. The highest BCUT2D eigenvalue weighted by molar-refractivity contribution is 5.85. The van der Waals surface area contributed by atoms with Crippen molar-refractivity contribution in [1.29, 1.82) is 0 Å². The second-order valence-corrected chi connectivity index (χ2v) is 4.38. The van der Waals surface area contributed by atoms with Gasteiger partial charge in [-0.2, -0.15) is 0 Å². The maximum Gasteiger partial charge on any atom is 0.224 e. The zero-order chi connectivity index (χ0) is 12.7. The van der Waals surface area contributed by atoms with Crippen LogP contribution in [0.5, 0.6) is 0 Å². The molecule has 0 saturated heterocycles. The first-order valence-electron chi connectivity index (χ1n) is 6.29. The highest BCUT2D eigenvalue weighted by Crippen LogP contribution is 2.07. The Labute approximate surface area is 116 Å². The monoisotopic (exact) mass is 270 g/mol. The summed E-state index contributed by atoms with van der Waals surface area (Å²) in [6, 6.07) is 7.75. The molecule has 102 valence electrons. The molecule has 0 fully saturated rings. The SMILES string of the molecule is CCCC(CC)NC(=O)Cc1ccc(N)cc1.Cl. The van der Waals surface area contributed by atoms with Crippen LogP contribution in [0.15, 0.2) is 24.3 Å². The molecule has 0 heterocycles. The van der Waals surface area contributed by atoms with Gasteiger partial charge in [-0.25, -0.2) is 0 Å². The van der Waals surface area contributed by atoms with Crippen LogP contribution in [0, 0.1) is 0 Å². The number of amides is 1.